The number of hydrogen-bond donors (Lipinski definition) is 0. The molecule has 0 heterocycles. The maximum absolute atomic E-state index is 13.8. The molecule has 0 unspecified atom stereocenters. The minimum Gasteiger partial charge on any atom is -0.481 e. The van der Waals surface area contributed by atoms with Crippen LogP contribution in [0.5, 0.6) is 5.75 Å². The Hall–Kier alpha value is -2.39. The van der Waals surface area contributed by atoms with Crippen molar-refractivity contribution in [3.05, 3.63) is 57.8 Å². The minimum atomic E-state index is -0.544. The van der Waals surface area contributed by atoms with Crippen molar-refractivity contribution >= 4 is 27.5 Å². The Balaban J connectivity index is 2.16. The number of aryl methyl sites for hydroxylation is 2. The van der Waals surface area contributed by atoms with Gasteiger partial charge in [0.2, 0.25) is 0 Å². The lowest BCUT2D eigenvalue weighted by Crippen LogP contribution is -2.36. The first-order chi connectivity index (χ1) is 11.9. The van der Waals surface area contributed by atoms with E-state index >= 15 is 0 Å². The van der Waals surface area contributed by atoms with Gasteiger partial charge in [-0.3, -0.25) is 4.79 Å². The number of benzene rings is 2. The van der Waals surface area contributed by atoms with E-state index in [9.17, 15) is 9.18 Å². The van der Waals surface area contributed by atoms with Crippen LogP contribution in [0.15, 0.2) is 40.9 Å². The highest BCUT2D eigenvalue weighted by Gasteiger charge is 2.17. The number of amides is 1. The number of nitrogens with zero attached hydrogens (tertiary/aromatic N) is 2. The maximum Gasteiger partial charge on any atom is 0.264 e. The molecule has 0 radical (unpaired) electrons. The van der Waals surface area contributed by atoms with Gasteiger partial charge in [-0.15, -0.1) is 0 Å². The Morgan fingerprint density at radius 1 is 1.24 bits per heavy atom. The molecule has 2 aromatic rings. The van der Waals surface area contributed by atoms with Crippen LogP contribution in [0.25, 0.3) is 0 Å². The molecule has 4 nitrogen and oxygen atoms in total. The van der Waals surface area contributed by atoms with Crippen molar-refractivity contribution < 1.29 is 13.9 Å². The van der Waals surface area contributed by atoms with E-state index in [-0.39, 0.29) is 31.2 Å². The monoisotopic (exact) mass is 404 g/mol. The van der Waals surface area contributed by atoms with Gasteiger partial charge in [0.25, 0.3) is 5.91 Å². The Morgan fingerprint density at radius 3 is 2.52 bits per heavy atom. The van der Waals surface area contributed by atoms with Gasteiger partial charge in [0.1, 0.15) is 0 Å². The Bertz CT molecular complexity index is 797. The van der Waals surface area contributed by atoms with Gasteiger partial charge in [-0.25, -0.2) is 4.39 Å². The van der Waals surface area contributed by atoms with Gasteiger partial charge in [-0.1, -0.05) is 22.0 Å². The van der Waals surface area contributed by atoms with Crippen LogP contribution in [0.2, 0.25) is 0 Å². The molecule has 130 valence electrons. The molecule has 2 rings (SSSR count). The highest BCUT2D eigenvalue weighted by molar-refractivity contribution is 9.10. The third-order valence-electron chi connectivity index (χ3n) is 3.51. The summed E-state index contributed by atoms with van der Waals surface area (Å²) < 4.78 is 19.7. The predicted octanol–water partition coefficient (Wildman–Crippen LogP) is 4.53. The van der Waals surface area contributed by atoms with E-state index in [4.69, 9.17) is 10.00 Å². The van der Waals surface area contributed by atoms with Crippen LogP contribution in [0.4, 0.5) is 10.1 Å². The second-order valence-electron chi connectivity index (χ2n) is 5.66. The average Bonchev–Trinajstić information content (AvgIpc) is 2.53. The van der Waals surface area contributed by atoms with Crippen LogP contribution in [-0.4, -0.2) is 19.1 Å². The largest absolute Gasteiger partial charge is 0.481 e. The first-order valence-corrected chi connectivity index (χ1v) is 8.53. The fraction of sp³-hybridized carbons (Fsp3) is 0.263. The molecule has 0 saturated heterocycles. The van der Waals surface area contributed by atoms with E-state index in [0.717, 1.165) is 11.1 Å². The summed E-state index contributed by atoms with van der Waals surface area (Å²) >= 11 is 3.17. The third kappa shape index (κ3) is 5.30. The van der Waals surface area contributed by atoms with Crippen LogP contribution in [0.3, 0.4) is 0 Å². The number of nitriles is 1. The molecule has 0 N–H and O–H groups in total. The molecular weight excluding hydrogens is 387 g/mol. The zero-order valence-corrected chi connectivity index (χ0v) is 15.6. The summed E-state index contributed by atoms with van der Waals surface area (Å²) in [6.07, 6.45) is 0.200. The average molecular weight is 405 g/mol. The number of carbonyl (C=O) groups is 1. The van der Waals surface area contributed by atoms with E-state index in [0.29, 0.717) is 10.2 Å². The van der Waals surface area contributed by atoms with Crippen molar-refractivity contribution in [3.8, 4) is 11.8 Å². The molecule has 0 aliphatic rings. The summed E-state index contributed by atoms with van der Waals surface area (Å²) in [6.45, 7) is 3.83. The number of anilines is 1. The number of ether oxygens (including phenoxy) is 1. The molecule has 0 aromatic heterocycles. The summed E-state index contributed by atoms with van der Waals surface area (Å²) in [7, 11) is 0. The van der Waals surface area contributed by atoms with Crippen molar-refractivity contribution in [1.29, 1.82) is 5.26 Å². The fourth-order valence-corrected chi connectivity index (χ4v) is 2.81. The Kier molecular flexibility index (Phi) is 6.54. The number of hydrogen-bond acceptors (Lipinski definition) is 3. The Labute approximate surface area is 155 Å². The van der Waals surface area contributed by atoms with E-state index in [1.165, 1.54) is 17.0 Å². The van der Waals surface area contributed by atoms with E-state index in [1.54, 1.807) is 6.07 Å². The number of rotatable bonds is 6. The van der Waals surface area contributed by atoms with Crippen LogP contribution < -0.4 is 9.64 Å². The molecule has 0 aliphatic carbocycles. The standard InChI is InChI=1S/C19H18BrFN2O2/c1-13-8-14(2)10-16(9-13)23(7-3-6-22)19(24)12-25-18-5-4-15(20)11-17(18)21/h4-5,8-11H,3,7,12H2,1-2H3. The summed E-state index contributed by atoms with van der Waals surface area (Å²) in [5.74, 6) is -0.864. The van der Waals surface area contributed by atoms with Gasteiger partial charge in [0.05, 0.1) is 12.5 Å². The number of carbonyl (C=O) groups excluding carboxylic acids is 1. The molecule has 0 atom stereocenters. The van der Waals surface area contributed by atoms with E-state index < -0.39 is 5.82 Å². The lowest BCUT2D eigenvalue weighted by atomic mass is 10.1. The molecule has 2 aromatic carbocycles. The lowest BCUT2D eigenvalue weighted by molar-refractivity contribution is -0.120. The summed E-state index contributed by atoms with van der Waals surface area (Å²) in [5, 5.41) is 8.85. The molecular formula is C19H18BrFN2O2. The lowest BCUT2D eigenvalue weighted by Gasteiger charge is -2.23. The zero-order valence-electron chi connectivity index (χ0n) is 14.1. The molecule has 0 aliphatic heterocycles. The SMILES string of the molecule is Cc1cc(C)cc(N(CCC#N)C(=O)COc2ccc(Br)cc2F)c1. The first-order valence-electron chi connectivity index (χ1n) is 7.74. The van der Waals surface area contributed by atoms with E-state index in [2.05, 4.69) is 15.9 Å². The van der Waals surface area contributed by atoms with Crippen LogP contribution in [0.1, 0.15) is 17.5 Å². The molecule has 0 bridgehead atoms. The molecule has 0 spiro atoms. The summed E-state index contributed by atoms with van der Waals surface area (Å²) in [4.78, 5) is 14.1. The highest BCUT2D eigenvalue weighted by Crippen LogP contribution is 2.23. The molecule has 6 heteroatoms. The van der Waals surface area contributed by atoms with Crippen molar-refractivity contribution in [2.75, 3.05) is 18.1 Å². The van der Waals surface area contributed by atoms with E-state index in [1.807, 2.05) is 38.1 Å². The van der Waals surface area contributed by atoms with Crippen molar-refractivity contribution in [2.24, 2.45) is 0 Å². The summed E-state index contributed by atoms with van der Waals surface area (Å²) in [6, 6.07) is 12.2. The number of halogens is 2. The van der Waals surface area contributed by atoms with Crippen molar-refractivity contribution in [1.82, 2.24) is 0 Å². The topological polar surface area (TPSA) is 53.3 Å². The van der Waals surface area contributed by atoms with Gasteiger partial charge in [-0.05, 0) is 55.3 Å². The maximum atomic E-state index is 13.8. The molecule has 1 amide bonds. The first kappa shape index (κ1) is 18.9. The second-order valence-corrected chi connectivity index (χ2v) is 6.58. The fourth-order valence-electron chi connectivity index (χ4n) is 2.48. The van der Waals surface area contributed by atoms with Crippen molar-refractivity contribution in [2.45, 2.75) is 20.3 Å². The predicted molar refractivity (Wildman–Crippen MR) is 98.1 cm³/mol. The molecule has 0 saturated carbocycles. The van der Waals surface area contributed by atoms with Crippen LogP contribution >= 0.6 is 15.9 Å². The van der Waals surface area contributed by atoms with Gasteiger partial charge in [-0.2, -0.15) is 5.26 Å². The normalized spacial score (nSPS) is 10.2. The smallest absolute Gasteiger partial charge is 0.264 e. The second kappa shape index (κ2) is 8.63. The Morgan fingerprint density at radius 2 is 1.92 bits per heavy atom. The van der Waals surface area contributed by atoms with Gasteiger partial charge < -0.3 is 9.64 Å². The molecule has 0 fully saturated rings. The third-order valence-corrected chi connectivity index (χ3v) is 4.00. The molecule has 25 heavy (non-hydrogen) atoms. The minimum absolute atomic E-state index is 0.0113. The van der Waals surface area contributed by atoms with Gasteiger partial charge >= 0.3 is 0 Å². The zero-order chi connectivity index (χ0) is 18.4. The van der Waals surface area contributed by atoms with Crippen molar-refractivity contribution in [3.63, 3.8) is 0 Å². The quantitative estimate of drug-likeness (QED) is 0.710. The van der Waals surface area contributed by atoms with Gasteiger partial charge in [0, 0.05) is 16.7 Å². The highest BCUT2D eigenvalue weighted by atomic mass is 79.9. The van der Waals surface area contributed by atoms with Gasteiger partial charge in [0.15, 0.2) is 18.2 Å². The van der Waals surface area contributed by atoms with Crippen LogP contribution in [-0.2, 0) is 4.79 Å². The summed E-state index contributed by atoms with van der Waals surface area (Å²) in [5.41, 5.74) is 2.74. The van der Waals surface area contributed by atoms with Crippen LogP contribution in [0, 0.1) is 31.0 Å².